The van der Waals surface area contributed by atoms with Gasteiger partial charge in [0.2, 0.25) is 0 Å². The highest BCUT2D eigenvalue weighted by molar-refractivity contribution is 6.00. The van der Waals surface area contributed by atoms with E-state index in [1.54, 1.807) is 24.4 Å². The molecule has 0 aliphatic heterocycles. The van der Waals surface area contributed by atoms with Crippen LogP contribution in [0.1, 0.15) is 10.4 Å². The average Bonchev–Trinajstić information content (AvgIpc) is 2.36. The maximum atomic E-state index is 11.5. The molecule has 0 radical (unpaired) electrons. The van der Waals surface area contributed by atoms with Crippen LogP contribution in [0.5, 0.6) is 5.75 Å². The predicted octanol–water partition coefficient (Wildman–Crippen LogP) is 2.03. The third-order valence-electron chi connectivity index (χ3n) is 2.35. The van der Waals surface area contributed by atoms with Crippen LogP contribution in [0.2, 0.25) is 0 Å². The second kappa shape index (κ2) is 4.18. The molecule has 4 heteroatoms. The van der Waals surface area contributed by atoms with Gasteiger partial charge in [-0.05, 0) is 24.3 Å². The molecule has 1 heterocycles. The molecule has 0 unspecified atom stereocenters. The maximum absolute atomic E-state index is 11.5. The number of esters is 1. The fraction of sp³-hybridized carbons (Fsp3) is 0.167. The molecule has 0 spiro atoms. The number of rotatable bonds is 2. The summed E-state index contributed by atoms with van der Waals surface area (Å²) in [5.41, 5.74) is 1.19. The highest BCUT2D eigenvalue weighted by Crippen LogP contribution is 2.28. The van der Waals surface area contributed by atoms with Gasteiger partial charge in [-0.3, -0.25) is 4.98 Å². The summed E-state index contributed by atoms with van der Waals surface area (Å²) >= 11 is 0. The molecule has 82 valence electrons. The van der Waals surface area contributed by atoms with Crippen LogP contribution in [-0.4, -0.2) is 25.2 Å². The van der Waals surface area contributed by atoms with Crippen LogP contribution in [0.3, 0.4) is 0 Å². The highest BCUT2D eigenvalue weighted by Gasteiger charge is 2.15. The molecule has 0 saturated carbocycles. The van der Waals surface area contributed by atoms with Crippen LogP contribution in [0, 0.1) is 0 Å². The molecule has 16 heavy (non-hydrogen) atoms. The first-order valence-corrected chi connectivity index (χ1v) is 4.78. The minimum Gasteiger partial charge on any atom is -0.495 e. The summed E-state index contributed by atoms with van der Waals surface area (Å²) in [7, 11) is 2.86. The Kier molecular flexibility index (Phi) is 2.72. The Morgan fingerprint density at radius 1 is 1.25 bits per heavy atom. The van der Waals surface area contributed by atoms with Crippen molar-refractivity contribution in [2.45, 2.75) is 0 Å². The zero-order valence-electron chi connectivity index (χ0n) is 9.06. The molecule has 4 nitrogen and oxygen atoms in total. The summed E-state index contributed by atoms with van der Waals surface area (Å²) in [6, 6.07) is 7.07. The Hall–Kier alpha value is -2.10. The van der Waals surface area contributed by atoms with Gasteiger partial charge in [0.1, 0.15) is 11.3 Å². The SMILES string of the molecule is COC(=O)c1ccc2ncccc2c1OC. The molecule has 0 bridgehead atoms. The molecule has 2 rings (SSSR count). The van der Waals surface area contributed by atoms with Gasteiger partial charge in [0.05, 0.1) is 19.7 Å². The highest BCUT2D eigenvalue weighted by atomic mass is 16.5. The Morgan fingerprint density at radius 3 is 2.75 bits per heavy atom. The molecular formula is C12H11NO3. The standard InChI is InChI=1S/C12H11NO3/c1-15-11-8-4-3-7-13-10(8)6-5-9(11)12(14)16-2/h3-7H,1-2H3. The predicted molar refractivity (Wildman–Crippen MR) is 59.6 cm³/mol. The van der Waals surface area contributed by atoms with Crippen molar-refractivity contribution in [2.24, 2.45) is 0 Å². The maximum Gasteiger partial charge on any atom is 0.341 e. The van der Waals surface area contributed by atoms with Crippen molar-refractivity contribution in [1.29, 1.82) is 0 Å². The Bertz CT molecular complexity index is 537. The summed E-state index contributed by atoms with van der Waals surface area (Å²) in [6.07, 6.45) is 1.69. The molecule has 0 N–H and O–H groups in total. The van der Waals surface area contributed by atoms with Crippen molar-refractivity contribution >= 4 is 16.9 Å². The number of hydrogen-bond donors (Lipinski definition) is 0. The number of carbonyl (C=O) groups excluding carboxylic acids is 1. The molecule has 0 aliphatic rings. The van der Waals surface area contributed by atoms with E-state index in [2.05, 4.69) is 9.72 Å². The lowest BCUT2D eigenvalue weighted by Crippen LogP contribution is -2.04. The van der Waals surface area contributed by atoms with Crippen molar-refractivity contribution in [1.82, 2.24) is 4.98 Å². The first-order chi connectivity index (χ1) is 7.77. The number of methoxy groups -OCH3 is 2. The first-order valence-electron chi connectivity index (χ1n) is 4.78. The minimum atomic E-state index is -0.414. The lowest BCUT2D eigenvalue weighted by Gasteiger charge is -2.09. The van der Waals surface area contributed by atoms with Crippen LogP contribution in [-0.2, 0) is 4.74 Å². The second-order valence-electron chi connectivity index (χ2n) is 3.21. The summed E-state index contributed by atoms with van der Waals surface area (Å²) in [4.78, 5) is 15.7. The number of benzene rings is 1. The molecule has 0 atom stereocenters. The fourth-order valence-electron chi connectivity index (χ4n) is 1.62. The van der Waals surface area contributed by atoms with E-state index >= 15 is 0 Å². The summed E-state index contributed by atoms with van der Waals surface area (Å²) < 4.78 is 9.93. The molecule has 0 amide bonds. The molecule has 1 aromatic carbocycles. The number of pyridine rings is 1. The van der Waals surface area contributed by atoms with Crippen LogP contribution in [0.25, 0.3) is 10.9 Å². The van der Waals surface area contributed by atoms with E-state index in [1.165, 1.54) is 14.2 Å². The molecule has 0 fully saturated rings. The number of aromatic nitrogens is 1. The largest absolute Gasteiger partial charge is 0.495 e. The van der Waals surface area contributed by atoms with Crippen LogP contribution in [0.4, 0.5) is 0 Å². The first kappa shape index (κ1) is 10.4. The molecule has 2 aromatic rings. The van der Waals surface area contributed by atoms with Gasteiger partial charge in [-0.2, -0.15) is 0 Å². The number of ether oxygens (including phenoxy) is 2. The van der Waals surface area contributed by atoms with Gasteiger partial charge >= 0.3 is 5.97 Å². The average molecular weight is 217 g/mol. The zero-order valence-corrected chi connectivity index (χ0v) is 9.06. The van der Waals surface area contributed by atoms with Crippen LogP contribution >= 0.6 is 0 Å². The third kappa shape index (κ3) is 1.58. The van der Waals surface area contributed by atoms with Gasteiger partial charge in [-0.25, -0.2) is 4.79 Å². The molecular weight excluding hydrogens is 206 g/mol. The van der Waals surface area contributed by atoms with Gasteiger partial charge < -0.3 is 9.47 Å². The van der Waals surface area contributed by atoms with E-state index in [1.807, 2.05) is 6.07 Å². The van der Waals surface area contributed by atoms with Gasteiger partial charge in [0, 0.05) is 11.6 Å². The van der Waals surface area contributed by atoms with Crippen molar-refractivity contribution in [3.8, 4) is 5.75 Å². The van der Waals surface area contributed by atoms with Crippen molar-refractivity contribution in [2.75, 3.05) is 14.2 Å². The quantitative estimate of drug-likeness (QED) is 0.722. The Labute approximate surface area is 92.8 Å². The number of hydrogen-bond acceptors (Lipinski definition) is 4. The fourth-order valence-corrected chi connectivity index (χ4v) is 1.62. The number of carbonyl (C=O) groups is 1. The minimum absolute atomic E-state index is 0.408. The van der Waals surface area contributed by atoms with Gasteiger partial charge in [-0.1, -0.05) is 0 Å². The molecule has 0 saturated heterocycles. The summed E-state index contributed by atoms with van der Waals surface area (Å²) in [6.45, 7) is 0. The van der Waals surface area contributed by atoms with Crippen molar-refractivity contribution in [3.63, 3.8) is 0 Å². The third-order valence-corrected chi connectivity index (χ3v) is 2.35. The van der Waals surface area contributed by atoms with Crippen molar-refractivity contribution in [3.05, 3.63) is 36.0 Å². The lowest BCUT2D eigenvalue weighted by molar-refractivity contribution is 0.0597. The number of nitrogens with zero attached hydrogens (tertiary/aromatic N) is 1. The van der Waals surface area contributed by atoms with Crippen LogP contribution < -0.4 is 4.74 Å². The Morgan fingerprint density at radius 2 is 2.06 bits per heavy atom. The van der Waals surface area contributed by atoms with E-state index < -0.39 is 5.97 Å². The molecule has 1 aromatic heterocycles. The number of fused-ring (bicyclic) bond motifs is 1. The van der Waals surface area contributed by atoms with Crippen molar-refractivity contribution < 1.29 is 14.3 Å². The second-order valence-corrected chi connectivity index (χ2v) is 3.21. The summed E-state index contributed by atoms with van der Waals surface area (Å²) in [5.74, 6) is 0.0834. The monoisotopic (exact) mass is 217 g/mol. The molecule has 0 aliphatic carbocycles. The van der Waals surface area contributed by atoms with Gasteiger partial charge in [0.15, 0.2) is 0 Å². The lowest BCUT2D eigenvalue weighted by atomic mass is 10.1. The van der Waals surface area contributed by atoms with E-state index in [9.17, 15) is 4.79 Å². The summed E-state index contributed by atoms with van der Waals surface area (Å²) in [5, 5.41) is 0.799. The van der Waals surface area contributed by atoms with E-state index in [4.69, 9.17) is 4.74 Å². The Balaban J connectivity index is 2.72. The van der Waals surface area contributed by atoms with Gasteiger partial charge in [-0.15, -0.1) is 0 Å². The van der Waals surface area contributed by atoms with E-state index in [0.717, 1.165) is 10.9 Å². The normalized spacial score (nSPS) is 10.1. The van der Waals surface area contributed by atoms with E-state index in [0.29, 0.717) is 11.3 Å². The van der Waals surface area contributed by atoms with Crippen LogP contribution in [0.15, 0.2) is 30.5 Å². The topological polar surface area (TPSA) is 48.4 Å². The smallest absolute Gasteiger partial charge is 0.341 e. The van der Waals surface area contributed by atoms with E-state index in [-0.39, 0.29) is 0 Å². The zero-order chi connectivity index (χ0) is 11.5. The van der Waals surface area contributed by atoms with Gasteiger partial charge in [0.25, 0.3) is 0 Å².